The Morgan fingerprint density at radius 1 is 0.690 bits per heavy atom. The van der Waals surface area contributed by atoms with Crippen LogP contribution in [0.1, 0.15) is 47.8 Å². The molecule has 0 unspecified atom stereocenters. The normalized spacial score (nSPS) is 10.3. The predicted molar refractivity (Wildman–Crippen MR) is 111 cm³/mol. The molecule has 5 heteroatoms. The van der Waals surface area contributed by atoms with E-state index in [0.29, 0.717) is 16.8 Å². The van der Waals surface area contributed by atoms with Gasteiger partial charge in [0.1, 0.15) is 0 Å². The van der Waals surface area contributed by atoms with E-state index >= 15 is 0 Å². The monoisotopic (exact) mass is 387 g/mol. The van der Waals surface area contributed by atoms with Crippen LogP contribution in [0.5, 0.6) is 0 Å². The summed E-state index contributed by atoms with van der Waals surface area (Å²) >= 11 is 0. The first-order valence-corrected chi connectivity index (χ1v) is 9.16. The van der Waals surface area contributed by atoms with Crippen molar-refractivity contribution >= 4 is 23.5 Å². The summed E-state index contributed by atoms with van der Waals surface area (Å²) in [5.74, 6) is -1.91. The molecule has 1 amide bonds. The van der Waals surface area contributed by atoms with Gasteiger partial charge >= 0.3 is 11.9 Å². The molecule has 0 spiro atoms. The summed E-state index contributed by atoms with van der Waals surface area (Å²) in [7, 11) is 0. The lowest BCUT2D eigenvalue weighted by Crippen LogP contribution is -2.18. The molecule has 0 aliphatic carbocycles. The number of nitrogens with one attached hydrogen (secondary N) is 1. The van der Waals surface area contributed by atoms with Crippen molar-refractivity contribution in [2.45, 2.75) is 20.8 Å². The number of ether oxygens (including phenoxy) is 1. The third-order valence-corrected chi connectivity index (χ3v) is 4.52. The van der Waals surface area contributed by atoms with Crippen molar-refractivity contribution in [3.05, 3.63) is 100 Å². The number of aryl methyl sites for hydroxylation is 3. The van der Waals surface area contributed by atoms with Crippen LogP contribution in [0.25, 0.3) is 0 Å². The van der Waals surface area contributed by atoms with Crippen LogP contribution in [-0.2, 0) is 4.74 Å². The van der Waals surface area contributed by atoms with Gasteiger partial charge in [-0.1, -0.05) is 47.5 Å². The second kappa shape index (κ2) is 8.52. The average Bonchev–Trinajstić information content (AvgIpc) is 2.70. The molecular formula is C24H21NO4. The molecule has 146 valence electrons. The highest BCUT2D eigenvalue weighted by Gasteiger charge is 2.20. The van der Waals surface area contributed by atoms with Crippen LogP contribution in [0.2, 0.25) is 0 Å². The van der Waals surface area contributed by atoms with E-state index in [9.17, 15) is 14.4 Å². The topological polar surface area (TPSA) is 72.5 Å². The van der Waals surface area contributed by atoms with Crippen LogP contribution in [-0.4, -0.2) is 17.8 Å². The third kappa shape index (κ3) is 4.76. The minimum absolute atomic E-state index is 0.117. The number of para-hydroxylation sites is 1. The van der Waals surface area contributed by atoms with E-state index in [-0.39, 0.29) is 17.0 Å². The Labute approximate surface area is 169 Å². The maximum Gasteiger partial charge on any atom is 0.348 e. The second-order valence-corrected chi connectivity index (χ2v) is 6.86. The first-order valence-electron chi connectivity index (χ1n) is 9.16. The smallest absolute Gasteiger partial charge is 0.348 e. The summed E-state index contributed by atoms with van der Waals surface area (Å²) < 4.78 is 5.03. The van der Waals surface area contributed by atoms with Gasteiger partial charge in [-0.2, -0.15) is 0 Å². The molecule has 0 aromatic heterocycles. The largest absolute Gasteiger partial charge is 0.386 e. The van der Waals surface area contributed by atoms with Crippen molar-refractivity contribution in [3.8, 4) is 0 Å². The number of benzene rings is 3. The number of amides is 1. The summed E-state index contributed by atoms with van der Waals surface area (Å²) in [6.07, 6.45) is 0. The molecule has 3 rings (SSSR count). The SMILES string of the molecule is Cc1ccc(C(=O)Nc2c(C)cccc2C(=O)OC(=O)c2ccc(C)cc2)cc1. The van der Waals surface area contributed by atoms with Crippen molar-refractivity contribution in [1.29, 1.82) is 0 Å². The van der Waals surface area contributed by atoms with Gasteiger partial charge in [-0.15, -0.1) is 0 Å². The lowest BCUT2D eigenvalue weighted by atomic mass is 10.1. The molecule has 1 N–H and O–H groups in total. The molecule has 0 bridgehead atoms. The molecule has 5 nitrogen and oxygen atoms in total. The van der Waals surface area contributed by atoms with E-state index in [0.717, 1.165) is 11.1 Å². The van der Waals surface area contributed by atoms with Gasteiger partial charge in [0.25, 0.3) is 5.91 Å². The summed E-state index contributed by atoms with van der Waals surface area (Å²) in [6.45, 7) is 5.60. The van der Waals surface area contributed by atoms with Crippen LogP contribution < -0.4 is 5.32 Å². The van der Waals surface area contributed by atoms with Gasteiger partial charge in [0.2, 0.25) is 0 Å². The molecule has 0 radical (unpaired) electrons. The Kier molecular flexibility index (Phi) is 5.88. The van der Waals surface area contributed by atoms with E-state index in [2.05, 4.69) is 5.32 Å². The quantitative estimate of drug-likeness (QED) is 0.512. The molecule has 3 aromatic carbocycles. The van der Waals surface area contributed by atoms with Crippen LogP contribution in [0.3, 0.4) is 0 Å². The van der Waals surface area contributed by atoms with Gasteiger partial charge in [-0.3, -0.25) is 4.79 Å². The fraction of sp³-hybridized carbons (Fsp3) is 0.125. The van der Waals surface area contributed by atoms with Gasteiger partial charge in [-0.25, -0.2) is 9.59 Å². The van der Waals surface area contributed by atoms with E-state index in [1.54, 1.807) is 55.5 Å². The number of carbonyl (C=O) groups excluding carboxylic acids is 3. The average molecular weight is 387 g/mol. The summed E-state index contributed by atoms with van der Waals surface area (Å²) in [6, 6.07) is 18.8. The maximum absolute atomic E-state index is 12.6. The minimum Gasteiger partial charge on any atom is -0.386 e. The first kappa shape index (κ1) is 20.0. The van der Waals surface area contributed by atoms with Crippen LogP contribution in [0.15, 0.2) is 66.7 Å². The highest BCUT2D eigenvalue weighted by molar-refractivity contribution is 6.10. The molecule has 0 heterocycles. The zero-order chi connectivity index (χ0) is 21.0. The fourth-order valence-electron chi connectivity index (χ4n) is 2.78. The maximum atomic E-state index is 12.6. The lowest BCUT2D eigenvalue weighted by Gasteiger charge is -2.13. The van der Waals surface area contributed by atoms with Gasteiger partial charge in [0, 0.05) is 5.56 Å². The van der Waals surface area contributed by atoms with Crippen molar-refractivity contribution in [1.82, 2.24) is 0 Å². The van der Waals surface area contributed by atoms with Gasteiger partial charge < -0.3 is 10.1 Å². The number of hydrogen-bond donors (Lipinski definition) is 1. The highest BCUT2D eigenvalue weighted by Crippen LogP contribution is 2.23. The number of rotatable bonds is 4. The number of carbonyl (C=O) groups is 3. The molecule has 0 atom stereocenters. The molecular weight excluding hydrogens is 366 g/mol. The van der Waals surface area contributed by atoms with Crippen molar-refractivity contribution in [3.63, 3.8) is 0 Å². The summed E-state index contributed by atoms with van der Waals surface area (Å²) in [5, 5.41) is 2.76. The summed E-state index contributed by atoms with van der Waals surface area (Å²) in [4.78, 5) is 37.5. The van der Waals surface area contributed by atoms with Crippen molar-refractivity contribution in [2.24, 2.45) is 0 Å². The zero-order valence-electron chi connectivity index (χ0n) is 16.5. The first-order chi connectivity index (χ1) is 13.8. The molecule has 0 saturated carbocycles. The number of esters is 2. The van der Waals surface area contributed by atoms with Gasteiger partial charge in [-0.05, 0) is 56.7 Å². The summed E-state index contributed by atoms with van der Waals surface area (Å²) in [5.41, 5.74) is 3.90. The third-order valence-electron chi connectivity index (χ3n) is 4.52. The van der Waals surface area contributed by atoms with Crippen LogP contribution >= 0.6 is 0 Å². The second-order valence-electron chi connectivity index (χ2n) is 6.86. The van der Waals surface area contributed by atoms with Crippen LogP contribution in [0, 0.1) is 20.8 Å². The molecule has 3 aromatic rings. The highest BCUT2D eigenvalue weighted by atomic mass is 16.6. The standard InChI is InChI=1S/C24H21NO4/c1-15-7-11-18(12-8-15)22(26)25-21-17(3)5-4-6-20(21)24(28)29-23(27)19-13-9-16(2)10-14-19/h4-14H,1-3H3,(H,25,26). The van der Waals surface area contributed by atoms with E-state index in [1.165, 1.54) is 6.07 Å². The van der Waals surface area contributed by atoms with E-state index < -0.39 is 11.9 Å². The van der Waals surface area contributed by atoms with Crippen LogP contribution in [0.4, 0.5) is 5.69 Å². The Bertz CT molecular complexity index is 1070. The zero-order valence-corrected chi connectivity index (χ0v) is 16.5. The minimum atomic E-state index is -0.821. The number of anilines is 1. The molecule has 0 fully saturated rings. The number of hydrogen-bond acceptors (Lipinski definition) is 4. The predicted octanol–water partition coefficient (Wildman–Crippen LogP) is 4.86. The Hall–Kier alpha value is -3.73. The molecule has 0 saturated heterocycles. The van der Waals surface area contributed by atoms with E-state index in [4.69, 9.17) is 4.74 Å². The Morgan fingerprint density at radius 2 is 1.24 bits per heavy atom. The molecule has 29 heavy (non-hydrogen) atoms. The van der Waals surface area contributed by atoms with Gasteiger partial charge in [0.05, 0.1) is 16.8 Å². The Morgan fingerprint density at radius 3 is 1.83 bits per heavy atom. The molecule has 0 aliphatic heterocycles. The Balaban J connectivity index is 1.82. The fourth-order valence-corrected chi connectivity index (χ4v) is 2.78. The van der Waals surface area contributed by atoms with E-state index in [1.807, 2.05) is 26.0 Å². The van der Waals surface area contributed by atoms with Crippen molar-refractivity contribution < 1.29 is 19.1 Å². The van der Waals surface area contributed by atoms with Gasteiger partial charge in [0.15, 0.2) is 0 Å². The molecule has 0 aliphatic rings. The van der Waals surface area contributed by atoms with Crippen molar-refractivity contribution in [2.75, 3.05) is 5.32 Å². The lowest BCUT2D eigenvalue weighted by molar-refractivity contribution is 0.0398.